The van der Waals surface area contributed by atoms with Gasteiger partial charge in [0, 0.05) is 6.07 Å². The molecule has 0 spiro atoms. The number of nitrogens with two attached hydrogens (primary N) is 1. The van der Waals surface area contributed by atoms with Gasteiger partial charge in [0.15, 0.2) is 0 Å². The molecule has 3 N–H and O–H groups in total. The highest BCUT2D eigenvalue weighted by molar-refractivity contribution is 6.32. The van der Waals surface area contributed by atoms with E-state index in [-0.39, 0.29) is 17.4 Å². The number of nitro groups is 1. The number of halogens is 4. The fourth-order valence-corrected chi connectivity index (χ4v) is 1.35. The zero-order valence-electron chi connectivity index (χ0n) is 8.14. The van der Waals surface area contributed by atoms with E-state index in [0.717, 1.165) is 12.1 Å². The van der Waals surface area contributed by atoms with Crippen molar-refractivity contribution in [3.05, 3.63) is 32.8 Å². The maximum absolute atomic E-state index is 12.4. The van der Waals surface area contributed by atoms with Crippen molar-refractivity contribution >= 4 is 29.7 Å². The van der Waals surface area contributed by atoms with Crippen LogP contribution in [0.5, 0.6) is 5.75 Å². The molecule has 0 radical (unpaired) electrons. The first-order valence-corrected chi connectivity index (χ1v) is 4.43. The van der Waals surface area contributed by atoms with Crippen LogP contribution in [0.2, 0.25) is 5.02 Å². The Morgan fingerprint density at radius 2 is 2.00 bits per heavy atom. The number of aromatic hydroxyl groups is 1. The molecule has 0 heterocycles. The molecule has 0 aliphatic carbocycles. The van der Waals surface area contributed by atoms with Gasteiger partial charge in [0.1, 0.15) is 11.8 Å². The van der Waals surface area contributed by atoms with Crippen molar-refractivity contribution in [2.75, 3.05) is 0 Å². The second-order valence-corrected chi connectivity index (χ2v) is 3.35. The van der Waals surface area contributed by atoms with Crippen LogP contribution < -0.4 is 5.73 Å². The maximum Gasteiger partial charge on any atom is 0.278 e. The summed E-state index contributed by atoms with van der Waals surface area (Å²) >= 11 is 5.47. The van der Waals surface area contributed by atoms with Gasteiger partial charge in [-0.05, 0) is 6.07 Å². The maximum atomic E-state index is 12.4. The number of phenols is 1. The third-order valence-electron chi connectivity index (χ3n) is 1.95. The molecule has 0 unspecified atom stereocenters. The van der Waals surface area contributed by atoms with Crippen molar-refractivity contribution in [1.29, 1.82) is 0 Å². The van der Waals surface area contributed by atoms with Crippen LogP contribution in [0.15, 0.2) is 12.1 Å². The minimum absolute atomic E-state index is 0. The van der Waals surface area contributed by atoms with E-state index in [2.05, 4.69) is 0 Å². The predicted octanol–water partition coefficient (Wildman–Crippen LogP) is 2.64. The molecular weight excluding hydrogens is 281 g/mol. The van der Waals surface area contributed by atoms with Gasteiger partial charge in [0.25, 0.3) is 12.1 Å². The van der Waals surface area contributed by atoms with E-state index in [9.17, 15) is 24.0 Å². The topological polar surface area (TPSA) is 89.4 Å². The Bertz CT molecular complexity index is 431. The fraction of sp³-hybridized carbons (Fsp3) is 0.250. The Morgan fingerprint density at radius 1 is 1.47 bits per heavy atom. The minimum atomic E-state index is -3.04. The van der Waals surface area contributed by atoms with Gasteiger partial charge in [-0.3, -0.25) is 10.1 Å². The summed E-state index contributed by atoms with van der Waals surface area (Å²) in [6.07, 6.45) is -3.04. The number of nitrogens with zero attached hydrogens (tertiary/aromatic N) is 1. The monoisotopic (exact) mass is 288 g/mol. The number of hydrogen-bond acceptors (Lipinski definition) is 4. The molecule has 1 aromatic rings. The Morgan fingerprint density at radius 3 is 2.41 bits per heavy atom. The first-order valence-electron chi connectivity index (χ1n) is 4.05. The van der Waals surface area contributed by atoms with Crippen molar-refractivity contribution in [2.24, 2.45) is 5.73 Å². The summed E-state index contributed by atoms with van der Waals surface area (Å²) in [6.45, 7) is 0. The number of benzene rings is 1. The van der Waals surface area contributed by atoms with Gasteiger partial charge < -0.3 is 10.8 Å². The Kier molecular flexibility index (Phi) is 5.53. The van der Waals surface area contributed by atoms with E-state index in [1.807, 2.05) is 0 Å². The lowest BCUT2D eigenvalue weighted by atomic mass is 10.0. The Labute approximate surface area is 106 Å². The van der Waals surface area contributed by atoms with Crippen LogP contribution in [0, 0.1) is 10.1 Å². The van der Waals surface area contributed by atoms with E-state index in [1.54, 1.807) is 0 Å². The zero-order valence-corrected chi connectivity index (χ0v) is 9.71. The van der Waals surface area contributed by atoms with E-state index in [0.29, 0.717) is 0 Å². The molecule has 1 rings (SSSR count). The molecule has 5 nitrogen and oxygen atoms in total. The van der Waals surface area contributed by atoms with E-state index in [1.165, 1.54) is 0 Å². The first-order chi connectivity index (χ1) is 7.36. The molecule has 9 heteroatoms. The van der Waals surface area contributed by atoms with E-state index in [4.69, 9.17) is 17.3 Å². The van der Waals surface area contributed by atoms with Crippen LogP contribution in [0.1, 0.15) is 11.6 Å². The smallest absolute Gasteiger partial charge is 0.278 e. The van der Waals surface area contributed by atoms with Crippen LogP contribution >= 0.6 is 24.0 Å². The molecule has 0 fully saturated rings. The molecule has 0 aromatic heterocycles. The first kappa shape index (κ1) is 15.8. The predicted molar refractivity (Wildman–Crippen MR) is 60.0 cm³/mol. The van der Waals surface area contributed by atoms with Gasteiger partial charge in [-0.25, -0.2) is 8.78 Å². The molecule has 96 valence electrons. The number of phenolic OH excluding ortho intramolecular Hbond substituents is 1. The largest absolute Gasteiger partial charge is 0.506 e. The lowest BCUT2D eigenvalue weighted by Crippen LogP contribution is -2.20. The summed E-state index contributed by atoms with van der Waals surface area (Å²) in [4.78, 5) is 9.65. The van der Waals surface area contributed by atoms with Crippen molar-refractivity contribution in [1.82, 2.24) is 0 Å². The van der Waals surface area contributed by atoms with Gasteiger partial charge in [0.05, 0.1) is 15.5 Å². The summed E-state index contributed by atoms with van der Waals surface area (Å²) < 4.78 is 24.7. The van der Waals surface area contributed by atoms with Gasteiger partial charge in [-0.1, -0.05) is 11.6 Å². The van der Waals surface area contributed by atoms with Gasteiger partial charge >= 0.3 is 0 Å². The van der Waals surface area contributed by atoms with Crippen LogP contribution in [-0.2, 0) is 0 Å². The second kappa shape index (κ2) is 5.95. The summed E-state index contributed by atoms with van der Waals surface area (Å²) in [5.74, 6) is -0.788. The molecule has 17 heavy (non-hydrogen) atoms. The Balaban J connectivity index is 0.00000256. The van der Waals surface area contributed by atoms with Crippen LogP contribution in [0.4, 0.5) is 14.5 Å². The molecule has 0 aliphatic heterocycles. The van der Waals surface area contributed by atoms with Gasteiger partial charge in [-0.15, -0.1) is 12.4 Å². The summed E-state index contributed by atoms with van der Waals surface area (Å²) in [5, 5.41) is 19.7. The molecule has 0 amide bonds. The lowest BCUT2D eigenvalue weighted by molar-refractivity contribution is -0.386. The minimum Gasteiger partial charge on any atom is -0.506 e. The molecule has 0 bridgehead atoms. The molecule has 0 aliphatic rings. The van der Waals surface area contributed by atoms with Crippen LogP contribution in [-0.4, -0.2) is 16.5 Å². The molecular formula is C8H8Cl2F2N2O3. The number of hydrogen-bond donors (Lipinski definition) is 2. The summed E-state index contributed by atoms with van der Waals surface area (Å²) in [5.41, 5.74) is 3.73. The summed E-state index contributed by atoms with van der Waals surface area (Å²) in [7, 11) is 0. The third-order valence-corrected chi connectivity index (χ3v) is 2.25. The Hall–Kier alpha value is -1.18. The van der Waals surface area contributed by atoms with Crippen molar-refractivity contribution in [3.63, 3.8) is 0 Å². The highest BCUT2D eigenvalue weighted by Gasteiger charge is 2.30. The zero-order chi connectivity index (χ0) is 12.5. The fourth-order valence-electron chi connectivity index (χ4n) is 1.18. The molecule has 1 aromatic carbocycles. The average Bonchev–Trinajstić information content (AvgIpc) is 2.20. The van der Waals surface area contributed by atoms with E-state index < -0.39 is 34.4 Å². The van der Waals surface area contributed by atoms with Crippen molar-refractivity contribution in [3.8, 4) is 5.75 Å². The SMILES string of the molecule is Cl.N[C@@H](c1c([N+](=O)[O-])ccc(Cl)c1O)C(F)F. The lowest BCUT2D eigenvalue weighted by Gasteiger charge is -2.13. The standard InChI is InChI=1S/C8H7ClF2N2O3.ClH/c9-3-1-2-4(13(15)16)5(7(3)14)6(12)8(10)11;/h1-2,6,8,14H,12H2;1H/t6-;/m0./s1. The van der Waals surface area contributed by atoms with E-state index >= 15 is 0 Å². The number of nitro benzene ring substituents is 1. The van der Waals surface area contributed by atoms with Crippen molar-refractivity contribution < 1.29 is 18.8 Å². The highest BCUT2D eigenvalue weighted by atomic mass is 35.5. The normalized spacial score (nSPS) is 12.1. The second-order valence-electron chi connectivity index (χ2n) is 2.95. The highest BCUT2D eigenvalue weighted by Crippen LogP contribution is 2.39. The summed E-state index contributed by atoms with van der Waals surface area (Å²) in [6, 6.07) is -0.00447. The quantitative estimate of drug-likeness (QED) is 0.661. The van der Waals surface area contributed by atoms with Crippen LogP contribution in [0.3, 0.4) is 0 Å². The van der Waals surface area contributed by atoms with Crippen LogP contribution in [0.25, 0.3) is 0 Å². The molecule has 0 saturated heterocycles. The molecule has 1 atom stereocenters. The van der Waals surface area contributed by atoms with Crippen molar-refractivity contribution in [2.45, 2.75) is 12.5 Å². The van der Waals surface area contributed by atoms with Gasteiger partial charge in [-0.2, -0.15) is 0 Å². The van der Waals surface area contributed by atoms with Gasteiger partial charge in [0.2, 0.25) is 0 Å². The number of rotatable bonds is 3. The third kappa shape index (κ3) is 3.15. The average molecular weight is 289 g/mol. The molecule has 0 saturated carbocycles. The number of alkyl halides is 2.